The highest BCUT2D eigenvalue weighted by Crippen LogP contribution is 2.38. The quantitative estimate of drug-likeness (QED) is 0.0445. The van der Waals surface area contributed by atoms with Crippen LogP contribution in [0.1, 0.15) is 47.1 Å². The molecule has 0 saturated carbocycles. The molecule has 2 atom stereocenters. The molecule has 13 nitrogen and oxygen atoms in total. The van der Waals surface area contributed by atoms with E-state index in [1.165, 1.54) is 12.4 Å². The van der Waals surface area contributed by atoms with E-state index in [-0.39, 0.29) is 36.7 Å². The number of aliphatic carboxylic acids is 1. The Bertz CT molecular complexity index is 2010. The van der Waals surface area contributed by atoms with Gasteiger partial charge in [0, 0.05) is 89.2 Å². The summed E-state index contributed by atoms with van der Waals surface area (Å²) >= 11 is 10.5. The lowest BCUT2D eigenvalue weighted by Crippen LogP contribution is -2.39. The number of hydrogen-bond acceptors (Lipinski definition) is 11. The van der Waals surface area contributed by atoms with E-state index in [1.807, 2.05) is 36.4 Å². The van der Waals surface area contributed by atoms with Gasteiger partial charge in [0.25, 0.3) is 0 Å². The van der Waals surface area contributed by atoms with Crippen molar-refractivity contribution in [3.63, 3.8) is 0 Å². The van der Waals surface area contributed by atoms with Crippen molar-refractivity contribution >= 4 is 51.3 Å². The standard InChI is InChI=1S/C39H41BrClN7O6/c40-38-26(4-1-6-30(38)29-5-2-7-33(31(29)16-43)46-11-3-10-44-20-28-8-9-37(50)48-28)23-54-36-14-35(53-22-25-12-24(15-42)17-45-18-25)27(13-32(36)41)19-47-34(21-49)39(51)52/h1-2,4-7,12-14,16-18,28,34,43-44,46-47,49H,3,8-11,19-23H2,(H,48,50)(H,51,52)/t28-,34-/m0/s1. The molecule has 1 fully saturated rings. The van der Waals surface area contributed by atoms with E-state index < -0.39 is 18.6 Å². The number of ether oxygens (including phenoxy) is 2. The summed E-state index contributed by atoms with van der Waals surface area (Å²) in [5.41, 5.74) is 5.71. The first-order valence-electron chi connectivity index (χ1n) is 17.3. The predicted octanol–water partition coefficient (Wildman–Crippen LogP) is 5.40. The van der Waals surface area contributed by atoms with Crippen LogP contribution in [0.25, 0.3) is 11.1 Å². The molecule has 0 spiro atoms. The maximum Gasteiger partial charge on any atom is 0.323 e. The van der Waals surface area contributed by atoms with Gasteiger partial charge in [0.2, 0.25) is 5.91 Å². The number of hydrogen-bond donors (Lipinski definition) is 7. The number of carboxylic acids is 1. The highest BCUT2D eigenvalue weighted by molar-refractivity contribution is 9.10. The lowest BCUT2D eigenvalue weighted by molar-refractivity contribution is -0.140. The minimum atomic E-state index is -1.20. The van der Waals surface area contributed by atoms with Crippen molar-refractivity contribution in [1.82, 2.24) is 20.9 Å². The van der Waals surface area contributed by atoms with Crippen LogP contribution in [0, 0.1) is 16.7 Å². The van der Waals surface area contributed by atoms with Crippen molar-refractivity contribution in [3.8, 4) is 28.7 Å². The van der Waals surface area contributed by atoms with Gasteiger partial charge in [-0.25, -0.2) is 0 Å². The average Bonchev–Trinajstić information content (AvgIpc) is 3.60. The third-order valence-corrected chi connectivity index (χ3v) is 10.0. The summed E-state index contributed by atoms with van der Waals surface area (Å²) in [5.74, 6) is -0.411. The number of amides is 1. The second-order valence-corrected chi connectivity index (χ2v) is 13.8. The molecule has 3 aromatic carbocycles. The van der Waals surface area contributed by atoms with Crippen LogP contribution in [0.4, 0.5) is 5.69 Å². The van der Waals surface area contributed by atoms with Crippen molar-refractivity contribution in [2.24, 2.45) is 0 Å². The molecule has 1 saturated heterocycles. The van der Waals surface area contributed by atoms with Crippen LogP contribution in [0.2, 0.25) is 5.02 Å². The highest BCUT2D eigenvalue weighted by atomic mass is 79.9. The lowest BCUT2D eigenvalue weighted by atomic mass is 9.97. The van der Waals surface area contributed by atoms with E-state index >= 15 is 0 Å². The van der Waals surface area contributed by atoms with Crippen LogP contribution in [-0.2, 0) is 29.3 Å². The molecule has 0 aliphatic carbocycles. The minimum Gasteiger partial charge on any atom is -0.488 e. The summed E-state index contributed by atoms with van der Waals surface area (Å²) in [6.07, 6.45) is 6.69. The van der Waals surface area contributed by atoms with Crippen molar-refractivity contribution in [2.75, 3.05) is 31.6 Å². The maximum atomic E-state index is 11.5. The van der Waals surface area contributed by atoms with E-state index in [0.717, 1.165) is 58.3 Å². The van der Waals surface area contributed by atoms with Crippen molar-refractivity contribution in [2.45, 2.75) is 51.1 Å². The largest absolute Gasteiger partial charge is 0.488 e. The van der Waals surface area contributed by atoms with Crippen molar-refractivity contribution in [3.05, 3.63) is 104 Å². The normalized spacial score (nSPS) is 14.2. The molecular formula is C39H41BrClN7O6. The van der Waals surface area contributed by atoms with Gasteiger partial charge in [0.1, 0.15) is 36.8 Å². The van der Waals surface area contributed by atoms with Gasteiger partial charge < -0.3 is 41.0 Å². The number of halogens is 2. The van der Waals surface area contributed by atoms with Gasteiger partial charge in [0.15, 0.2) is 0 Å². The Kier molecular flexibility index (Phi) is 14.8. The second kappa shape index (κ2) is 19.9. The minimum absolute atomic E-state index is 0.0262. The number of rotatable bonds is 20. The van der Waals surface area contributed by atoms with Crippen LogP contribution >= 0.6 is 27.5 Å². The van der Waals surface area contributed by atoms with Gasteiger partial charge in [-0.2, -0.15) is 5.26 Å². The highest BCUT2D eigenvalue weighted by Gasteiger charge is 2.21. The van der Waals surface area contributed by atoms with Gasteiger partial charge in [-0.1, -0.05) is 41.9 Å². The first-order valence-corrected chi connectivity index (χ1v) is 18.5. The number of carbonyl (C=O) groups is 2. The van der Waals surface area contributed by atoms with Gasteiger partial charge in [-0.15, -0.1) is 0 Å². The molecule has 1 aromatic heterocycles. The Morgan fingerprint density at radius 2 is 1.91 bits per heavy atom. The zero-order chi connectivity index (χ0) is 38.5. The van der Waals surface area contributed by atoms with Gasteiger partial charge in [-0.05, 0) is 64.6 Å². The topological polar surface area (TPSA) is 202 Å². The predicted molar refractivity (Wildman–Crippen MR) is 209 cm³/mol. The molecular weight excluding hydrogens is 778 g/mol. The van der Waals surface area contributed by atoms with Crippen molar-refractivity contribution < 1.29 is 29.3 Å². The maximum absolute atomic E-state index is 11.5. The fourth-order valence-corrected chi connectivity index (χ4v) is 6.75. The number of aliphatic hydroxyl groups is 1. The van der Waals surface area contributed by atoms with Gasteiger partial charge in [-0.3, -0.25) is 19.9 Å². The zero-order valence-corrected chi connectivity index (χ0v) is 31.7. The van der Waals surface area contributed by atoms with Crippen LogP contribution in [0.3, 0.4) is 0 Å². The zero-order valence-electron chi connectivity index (χ0n) is 29.3. The van der Waals surface area contributed by atoms with Crippen LogP contribution in [0.15, 0.2) is 71.5 Å². The Balaban J connectivity index is 1.29. The Labute approximate surface area is 326 Å². The molecule has 0 bridgehead atoms. The first kappa shape index (κ1) is 40.2. The number of aliphatic hydroxyl groups excluding tert-OH is 1. The monoisotopic (exact) mass is 817 g/mol. The van der Waals surface area contributed by atoms with Crippen LogP contribution in [-0.4, -0.2) is 71.6 Å². The van der Waals surface area contributed by atoms with E-state index in [4.69, 9.17) is 26.5 Å². The number of nitriles is 1. The van der Waals surface area contributed by atoms with Crippen LogP contribution in [0.5, 0.6) is 11.5 Å². The number of pyridine rings is 1. The summed E-state index contributed by atoms with van der Waals surface area (Å²) in [7, 11) is 0. The molecule has 0 radical (unpaired) electrons. The summed E-state index contributed by atoms with van der Waals surface area (Å²) in [6.45, 7) is 1.86. The first-order chi connectivity index (χ1) is 26.2. The molecule has 15 heteroatoms. The summed E-state index contributed by atoms with van der Waals surface area (Å²) in [5, 5.41) is 49.3. The molecule has 282 valence electrons. The Morgan fingerprint density at radius 3 is 2.65 bits per heavy atom. The number of aromatic nitrogens is 1. The fourth-order valence-electron chi connectivity index (χ4n) is 5.92. The van der Waals surface area contributed by atoms with Gasteiger partial charge >= 0.3 is 5.97 Å². The second-order valence-electron chi connectivity index (χ2n) is 12.6. The Morgan fingerprint density at radius 1 is 1.11 bits per heavy atom. The lowest BCUT2D eigenvalue weighted by Gasteiger charge is -2.19. The summed E-state index contributed by atoms with van der Waals surface area (Å²) in [6, 6.07) is 17.6. The van der Waals surface area contributed by atoms with Crippen LogP contribution < -0.4 is 30.7 Å². The summed E-state index contributed by atoms with van der Waals surface area (Å²) in [4.78, 5) is 27.0. The SMILES string of the molecule is N#Cc1cncc(COc2cc(OCc3cccc(-c4cccc(NCCCNC[C@@H]5CCC(=O)N5)c4C=N)c3Br)c(Cl)cc2CN[C@@H](CO)C(=O)O)c1. The van der Waals surface area contributed by atoms with E-state index in [1.54, 1.807) is 24.4 Å². The molecule has 0 unspecified atom stereocenters. The molecule has 7 N–H and O–H groups in total. The van der Waals surface area contributed by atoms with E-state index in [0.29, 0.717) is 41.2 Å². The molecule has 1 amide bonds. The molecule has 5 rings (SSSR count). The smallest absolute Gasteiger partial charge is 0.323 e. The third-order valence-electron chi connectivity index (χ3n) is 8.78. The number of anilines is 1. The van der Waals surface area contributed by atoms with Gasteiger partial charge in [0.05, 0.1) is 17.2 Å². The molecule has 2 heterocycles. The van der Waals surface area contributed by atoms with E-state index in [9.17, 15) is 25.1 Å². The fraction of sp³-hybridized carbons (Fsp3) is 0.308. The number of benzene rings is 3. The molecule has 54 heavy (non-hydrogen) atoms. The summed E-state index contributed by atoms with van der Waals surface area (Å²) < 4.78 is 13.1. The number of carboxylic acid groups (broad SMARTS) is 1. The average molecular weight is 819 g/mol. The molecule has 1 aliphatic rings. The molecule has 4 aromatic rings. The number of nitrogens with zero attached hydrogens (tertiary/aromatic N) is 2. The Hall–Kier alpha value is -5.04. The number of carbonyl (C=O) groups excluding carboxylic acids is 1. The molecule has 1 aliphatic heterocycles. The van der Waals surface area contributed by atoms with Crippen molar-refractivity contribution in [1.29, 1.82) is 10.7 Å². The number of nitrogens with one attached hydrogen (secondary N) is 5. The van der Waals surface area contributed by atoms with E-state index in [2.05, 4.69) is 48.3 Å². The third kappa shape index (κ3) is 10.8.